The van der Waals surface area contributed by atoms with Crippen LogP contribution in [0.3, 0.4) is 0 Å². The first-order chi connectivity index (χ1) is 11.8. The minimum Gasteiger partial charge on any atom is -0.300 e. The maximum atomic E-state index is 11.9. The minimum atomic E-state index is -4.08. The van der Waals surface area contributed by atoms with Crippen molar-refractivity contribution in [1.82, 2.24) is 0 Å². The van der Waals surface area contributed by atoms with Gasteiger partial charge < -0.3 is 0 Å². The molecule has 2 N–H and O–H groups in total. The fourth-order valence-electron chi connectivity index (χ4n) is 2.33. The lowest BCUT2D eigenvalue weighted by molar-refractivity contribution is -0.432. The molecular weight excluding hydrogens is 384 g/mol. The second-order valence-corrected chi connectivity index (χ2v) is 10.1. The molecule has 10 heteroatoms. The molecule has 0 fully saturated rings. The molecule has 0 aliphatic carbocycles. The number of carbonyl (C=O) groups excluding carboxylic acids is 2. The largest absolute Gasteiger partial charge is 0.300 e. The molecule has 0 amide bonds. The van der Waals surface area contributed by atoms with E-state index in [1.807, 2.05) is 13.8 Å². The van der Waals surface area contributed by atoms with E-state index in [0.717, 1.165) is 12.0 Å². The SMILES string of the molecule is CC(C)(CCC(=O)CCC(=O)CCC(C)(C)CS(=O)(=O)O)CSOOO. The summed E-state index contributed by atoms with van der Waals surface area (Å²) in [5.41, 5.74) is -0.891. The Morgan fingerprint density at radius 2 is 1.38 bits per heavy atom. The van der Waals surface area contributed by atoms with Crippen LogP contribution in [0.25, 0.3) is 0 Å². The van der Waals surface area contributed by atoms with Crippen molar-refractivity contribution in [3.8, 4) is 0 Å². The van der Waals surface area contributed by atoms with Gasteiger partial charge in [-0.05, 0) is 23.7 Å². The van der Waals surface area contributed by atoms with Gasteiger partial charge in [0.2, 0.25) is 0 Å². The average Bonchev–Trinajstić information content (AvgIpc) is 2.47. The first-order valence-corrected chi connectivity index (χ1v) is 10.9. The third-order valence-corrected chi connectivity index (χ3v) is 6.15. The highest BCUT2D eigenvalue weighted by Crippen LogP contribution is 2.28. The van der Waals surface area contributed by atoms with Crippen molar-refractivity contribution in [3.05, 3.63) is 0 Å². The molecule has 0 aliphatic rings. The smallest absolute Gasteiger partial charge is 0.265 e. The minimum absolute atomic E-state index is 0.00653. The van der Waals surface area contributed by atoms with Gasteiger partial charge in [-0.1, -0.05) is 32.7 Å². The number of hydrogen-bond donors (Lipinski definition) is 2. The van der Waals surface area contributed by atoms with Crippen molar-refractivity contribution in [3.63, 3.8) is 0 Å². The molecule has 26 heavy (non-hydrogen) atoms. The van der Waals surface area contributed by atoms with Gasteiger partial charge in [0.1, 0.15) is 11.6 Å². The van der Waals surface area contributed by atoms with E-state index in [4.69, 9.17) is 9.81 Å². The summed E-state index contributed by atoms with van der Waals surface area (Å²) in [6, 6.07) is 0. The second kappa shape index (κ2) is 11.4. The monoisotopic (exact) mass is 414 g/mol. The molecule has 8 nitrogen and oxygen atoms in total. The van der Waals surface area contributed by atoms with Crippen LogP contribution in [-0.4, -0.2) is 41.3 Å². The maximum Gasteiger partial charge on any atom is 0.265 e. The van der Waals surface area contributed by atoms with Gasteiger partial charge in [-0.2, -0.15) is 8.42 Å². The fourth-order valence-corrected chi connectivity index (χ4v) is 4.01. The zero-order valence-corrected chi connectivity index (χ0v) is 17.5. The predicted octanol–water partition coefficient (Wildman–Crippen LogP) is 3.47. The Morgan fingerprint density at radius 3 is 1.81 bits per heavy atom. The summed E-state index contributed by atoms with van der Waals surface area (Å²) in [5.74, 6) is 0.0328. The Kier molecular flexibility index (Phi) is 11.1. The molecule has 0 aliphatic heterocycles. The van der Waals surface area contributed by atoms with Crippen LogP contribution in [0.2, 0.25) is 0 Å². The quantitative estimate of drug-likeness (QED) is 0.136. The van der Waals surface area contributed by atoms with Crippen molar-refractivity contribution in [2.45, 2.75) is 66.2 Å². The van der Waals surface area contributed by atoms with E-state index in [0.29, 0.717) is 25.0 Å². The summed E-state index contributed by atoms with van der Waals surface area (Å²) in [7, 11) is -4.08. The molecule has 0 radical (unpaired) electrons. The molecule has 0 aromatic rings. The van der Waals surface area contributed by atoms with E-state index in [-0.39, 0.29) is 36.2 Å². The van der Waals surface area contributed by atoms with Gasteiger partial charge in [0.05, 0.1) is 5.75 Å². The Balaban J connectivity index is 4.10. The van der Waals surface area contributed by atoms with Crippen LogP contribution in [0.4, 0.5) is 0 Å². The first kappa shape index (κ1) is 25.5. The van der Waals surface area contributed by atoms with Crippen LogP contribution in [0.5, 0.6) is 0 Å². The molecule has 0 saturated carbocycles. The summed E-state index contributed by atoms with van der Waals surface area (Å²) in [6.45, 7) is 7.25. The van der Waals surface area contributed by atoms with Crippen molar-refractivity contribution in [2.24, 2.45) is 10.8 Å². The van der Waals surface area contributed by atoms with Gasteiger partial charge in [-0.3, -0.25) is 14.1 Å². The Hall–Kier alpha value is -0.520. The van der Waals surface area contributed by atoms with Crippen LogP contribution < -0.4 is 0 Å². The lowest BCUT2D eigenvalue weighted by atomic mass is 9.87. The van der Waals surface area contributed by atoms with E-state index in [9.17, 15) is 18.0 Å². The molecule has 0 aromatic heterocycles. The number of rotatable bonds is 15. The maximum absolute atomic E-state index is 11.9. The summed E-state index contributed by atoms with van der Waals surface area (Å²) >= 11 is 0.945. The van der Waals surface area contributed by atoms with Crippen molar-refractivity contribution >= 4 is 33.7 Å². The molecule has 0 spiro atoms. The summed E-state index contributed by atoms with van der Waals surface area (Å²) < 4.78 is 35.1. The van der Waals surface area contributed by atoms with Crippen LogP contribution in [-0.2, 0) is 29.1 Å². The zero-order chi connectivity index (χ0) is 20.4. The normalized spacial score (nSPS) is 13.0. The molecule has 0 atom stereocenters. The van der Waals surface area contributed by atoms with Gasteiger partial charge in [0.25, 0.3) is 10.1 Å². The van der Waals surface area contributed by atoms with E-state index in [2.05, 4.69) is 9.37 Å². The van der Waals surface area contributed by atoms with Gasteiger partial charge in [0.15, 0.2) is 0 Å². The predicted molar refractivity (Wildman–Crippen MR) is 99.0 cm³/mol. The van der Waals surface area contributed by atoms with Crippen molar-refractivity contribution < 1.29 is 37.2 Å². The van der Waals surface area contributed by atoms with Gasteiger partial charge in [-0.25, -0.2) is 5.26 Å². The lowest BCUT2D eigenvalue weighted by Crippen LogP contribution is -2.24. The number of carbonyl (C=O) groups is 2. The van der Waals surface area contributed by atoms with E-state index < -0.39 is 21.3 Å². The van der Waals surface area contributed by atoms with E-state index in [1.165, 1.54) is 0 Å². The number of Topliss-reactive ketones (excluding diaryl/α,β-unsaturated/α-hetero) is 2. The Bertz CT molecular complexity index is 555. The van der Waals surface area contributed by atoms with Crippen molar-refractivity contribution in [2.75, 3.05) is 11.5 Å². The highest BCUT2D eigenvalue weighted by molar-refractivity contribution is 7.94. The molecule has 0 aromatic carbocycles. The summed E-state index contributed by atoms with van der Waals surface area (Å²) in [4.78, 5) is 23.9. The second-order valence-electron chi connectivity index (χ2n) is 8.04. The third kappa shape index (κ3) is 14.6. The number of ketones is 2. The summed E-state index contributed by atoms with van der Waals surface area (Å²) in [5, 5.41) is 11.6. The molecule has 0 unspecified atom stereocenters. The molecular formula is C16H30O8S2. The highest BCUT2D eigenvalue weighted by atomic mass is 32.2. The molecule has 0 rings (SSSR count). The first-order valence-electron chi connectivity index (χ1n) is 8.35. The average molecular weight is 415 g/mol. The van der Waals surface area contributed by atoms with Crippen LogP contribution in [0, 0.1) is 10.8 Å². The van der Waals surface area contributed by atoms with Gasteiger partial charge in [-0.15, -0.1) is 4.33 Å². The summed E-state index contributed by atoms with van der Waals surface area (Å²) in [6.07, 6.45) is 1.76. The molecule has 0 bridgehead atoms. The topological polar surface area (TPSA) is 127 Å². The lowest BCUT2D eigenvalue weighted by Gasteiger charge is -2.22. The molecule has 0 heterocycles. The van der Waals surface area contributed by atoms with E-state index in [1.54, 1.807) is 13.8 Å². The Morgan fingerprint density at radius 1 is 0.923 bits per heavy atom. The standard InChI is InChI=1S/C16H30O8S2/c1-15(2,11-25-24-23-19)9-7-13(17)5-6-14(18)8-10-16(3,4)12-26(20,21)22/h19H,5-12H2,1-4H3,(H,20,21,22). The number of hydrogen-bond acceptors (Lipinski definition) is 8. The van der Waals surface area contributed by atoms with Gasteiger partial charge >= 0.3 is 0 Å². The van der Waals surface area contributed by atoms with Crippen LogP contribution >= 0.6 is 12.0 Å². The Labute approximate surface area is 159 Å². The molecule has 0 saturated heterocycles. The molecule has 154 valence electrons. The van der Waals surface area contributed by atoms with Crippen molar-refractivity contribution in [1.29, 1.82) is 0 Å². The van der Waals surface area contributed by atoms with Crippen LogP contribution in [0.15, 0.2) is 0 Å². The highest BCUT2D eigenvalue weighted by Gasteiger charge is 2.26. The zero-order valence-electron chi connectivity index (χ0n) is 15.8. The fraction of sp³-hybridized carbons (Fsp3) is 0.875. The third-order valence-electron chi connectivity index (χ3n) is 3.95. The van der Waals surface area contributed by atoms with Gasteiger partial charge in [0, 0.05) is 43.5 Å². The van der Waals surface area contributed by atoms with Crippen LogP contribution in [0.1, 0.15) is 66.2 Å². The van der Waals surface area contributed by atoms with E-state index >= 15 is 0 Å².